The average molecular weight is 432 g/mol. The number of benzene rings is 1. The monoisotopic (exact) mass is 432 g/mol. The SMILES string of the molecule is Cc1nc2c(c(Oc3ccc4c(ccn4C(=O)Nc4cc(C(C)(C)C)on4)c3)n1)CNC2. The van der Waals surface area contributed by atoms with E-state index in [9.17, 15) is 4.79 Å². The number of amides is 1. The lowest BCUT2D eigenvalue weighted by Gasteiger charge is -2.12. The van der Waals surface area contributed by atoms with Crippen molar-refractivity contribution in [2.24, 2.45) is 0 Å². The first-order chi connectivity index (χ1) is 15.3. The molecular formula is C23H24N6O3. The lowest BCUT2D eigenvalue weighted by atomic mass is 9.93. The topological polar surface area (TPSA) is 107 Å². The summed E-state index contributed by atoms with van der Waals surface area (Å²) in [5, 5.41) is 10.9. The Labute approximate surface area is 184 Å². The van der Waals surface area contributed by atoms with Gasteiger partial charge in [-0.25, -0.2) is 9.78 Å². The Kier molecular flexibility index (Phi) is 4.70. The van der Waals surface area contributed by atoms with Gasteiger partial charge in [-0.15, -0.1) is 0 Å². The van der Waals surface area contributed by atoms with Gasteiger partial charge in [0, 0.05) is 36.2 Å². The van der Waals surface area contributed by atoms with E-state index in [-0.39, 0.29) is 11.4 Å². The second-order valence-corrected chi connectivity index (χ2v) is 8.87. The number of carbonyl (C=O) groups is 1. The average Bonchev–Trinajstić information content (AvgIpc) is 3.46. The Morgan fingerprint density at radius 3 is 2.81 bits per heavy atom. The fraction of sp³-hybridized carbons (Fsp3) is 0.304. The third kappa shape index (κ3) is 3.71. The Balaban J connectivity index is 1.37. The molecule has 4 heterocycles. The van der Waals surface area contributed by atoms with Crippen molar-refractivity contribution in [2.45, 2.75) is 46.2 Å². The number of anilines is 1. The Morgan fingerprint density at radius 2 is 2.03 bits per heavy atom. The van der Waals surface area contributed by atoms with Crippen molar-refractivity contribution < 1.29 is 14.1 Å². The fourth-order valence-corrected chi connectivity index (χ4v) is 3.67. The maximum Gasteiger partial charge on any atom is 0.331 e. The number of hydrogen-bond acceptors (Lipinski definition) is 7. The first-order valence-corrected chi connectivity index (χ1v) is 10.4. The van der Waals surface area contributed by atoms with Crippen LogP contribution >= 0.6 is 0 Å². The summed E-state index contributed by atoms with van der Waals surface area (Å²) in [6.07, 6.45) is 1.71. The first-order valence-electron chi connectivity index (χ1n) is 10.4. The molecule has 3 aromatic heterocycles. The van der Waals surface area contributed by atoms with Crippen molar-refractivity contribution in [3.8, 4) is 11.6 Å². The number of rotatable bonds is 3. The molecule has 0 unspecified atom stereocenters. The van der Waals surface area contributed by atoms with Crippen molar-refractivity contribution in [3.05, 3.63) is 59.4 Å². The summed E-state index contributed by atoms with van der Waals surface area (Å²) in [6, 6.07) is 8.85. The lowest BCUT2D eigenvalue weighted by Crippen LogP contribution is -2.18. The summed E-state index contributed by atoms with van der Waals surface area (Å²) in [4.78, 5) is 21.7. The molecule has 9 nitrogen and oxygen atoms in total. The molecule has 32 heavy (non-hydrogen) atoms. The van der Waals surface area contributed by atoms with Crippen LogP contribution in [0.2, 0.25) is 0 Å². The van der Waals surface area contributed by atoms with Gasteiger partial charge in [0.2, 0.25) is 5.88 Å². The molecule has 1 aromatic carbocycles. The fourth-order valence-electron chi connectivity index (χ4n) is 3.67. The maximum atomic E-state index is 12.8. The predicted octanol–water partition coefficient (Wildman–Crippen LogP) is 4.50. The van der Waals surface area contributed by atoms with Crippen LogP contribution in [0.3, 0.4) is 0 Å². The third-order valence-electron chi connectivity index (χ3n) is 5.34. The van der Waals surface area contributed by atoms with Gasteiger partial charge in [0.05, 0.1) is 16.8 Å². The van der Waals surface area contributed by atoms with Crippen LogP contribution in [0.15, 0.2) is 41.1 Å². The number of ether oxygens (including phenoxy) is 1. The van der Waals surface area contributed by atoms with Crippen LogP contribution in [-0.4, -0.2) is 25.7 Å². The molecule has 0 saturated heterocycles. The molecular weight excluding hydrogens is 408 g/mol. The highest BCUT2D eigenvalue weighted by molar-refractivity contribution is 5.98. The molecule has 0 fully saturated rings. The number of nitrogens with one attached hydrogen (secondary N) is 2. The molecule has 0 saturated carbocycles. The van der Waals surface area contributed by atoms with E-state index >= 15 is 0 Å². The Morgan fingerprint density at radius 1 is 1.19 bits per heavy atom. The quantitative estimate of drug-likeness (QED) is 0.491. The van der Waals surface area contributed by atoms with Crippen LogP contribution < -0.4 is 15.4 Å². The zero-order valence-electron chi connectivity index (χ0n) is 18.4. The van der Waals surface area contributed by atoms with E-state index in [1.165, 1.54) is 4.57 Å². The number of aromatic nitrogens is 4. The first kappa shape index (κ1) is 20.2. The zero-order chi connectivity index (χ0) is 22.5. The Hall–Kier alpha value is -3.72. The second kappa shape index (κ2) is 7.45. The standard InChI is InChI=1S/C23H24N6O3/c1-13-25-17-12-24-11-16(17)21(26-13)31-15-5-6-18-14(9-15)7-8-29(18)22(30)27-20-10-19(32-28-20)23(2,3)4/h5-10,24H,11-12H2,1-4H3,(H,27,28,30). The van der Waals surface area contributed by atoms with Crippen LogP contribution in [0.1, 0.15) is 43.6 Å². The van der Waals surface area contributed by atoms with Gasteiger partial charge in [-0.2, -0.15) is 4.98 Å². The van der Waals surface area contributed by atoms with Gasteiger partial charge >= 0.3 is 6.03 Å². The Bertz CT molecular complexity index is 1330. The minimum Gasteiger partial charge on any atom is -0.439 e. The predicted molar refractivity (Wildman–Crippen MR) is 119 cm³/mol. The molecule has 1 aliphatic rings. The van der Waals surface area contributed by atoms with E-state index < -0.39 is 0 Å². The summed E-state index contributed by atoms with van der Waals surface area (Å²) in [5.41, 5.74) is 2.51. The van der Waals surface area contributed by atoms with Crippen molar-refractivity contribution in [3.63, 3.8) is 0 Å². The van der Waals surface area contributed by atoms with E-state index in [2.05, 4.69) is 25.8 Å². The van der Waals surface area contributed by atoms with Crippen LogP contribution in [0.25, 0.3) is 10.9 Å². The van der Waals surface area contributed by atoms with Gasteiger partial charge in [-0.3, -0.25) is 9.88 Å². The van der Waals surface area contributed by atoms with Crippen LogP contribution in [0.5, 0.6) is 11.6 Å². The van der Waals surface area contributed by atoms with E-state index in [1.807, 2.05) is 52.0 Å². The number of nitrogens with zero attached hydrogens (tertiary/aromatic N) is 4. The number of fused-ring (bicyclic) bond motifs is 2. The summed E-state index contributed by atoms with van der Waals surface area (Å²) in [5.74, 6) is 2.97. The maximum absolute atomic E-state index is 12.8. The summed E-state index contributed by atoms with van der Waals surface area (Å²) in [6.45, 7) is 9.31. The highest BCUT2D eigenvalue weighted by atomic mass is 16.5. The highest BCUT2D eigenvalue weighted by Gasteiger charge is 2.22. The van der Waals surface area contributed by atoms with Gasteiger partial charge in [-0.05, 0) is 31.2 Å². The molecule has 0 aliphatic carbocycles. The second-order valence-electron chi connectivity index (χ2n) is 8.87. The summed E-state index contributed by atoms with van der Waals surface area (Å²) >= 11 is 0. The van der Waals surface area contributed by atoms with E-state index in [0.717, 1.165) is 28.7 Å². The summed E-state index contributed by atoms with van der Waals surface area (Å²) < 4.78 is 13.0. The zero-order valence-corrected chi connectivity index (χ0v) is 18.4. The van der Waals surface area contributed by atoms with E-state index in [0.29, 0.717) is 35.6 Å². The molecule has 0 bridgehead atoms. The van der Waals surface area contributed by atoms with Crippen molar-refractivity contribution in [1.29, 1.82) is 0 Å². The molecule has 0 spiro atoms. The highest BCUT2D eigenvalue weighted by Crippen LogP contribution is 2.30. The lowest BCUT2D eigenvalue weighted by molar-refractivity contribution is 0.254. The number of carbonyl (C=O) groups excluding carboxylic acids is 1. The third-order valence-corrected chi connectivity index (χ3v) is 5.34. The smallest absolute Gasteiger partial charge is 0.331 e. The molecule has 1 amide bonds. The molecule has 0 atom stereocenters. The molecule has 9 heteroatoms. The number of aryl methyl sites for hydroxylation is 1. The van der Waals surface area contributed by atoms with Gasteiger partial charge in [0.15, 0.2) is 5.82 Å². The molecule has 1 aliphatic heterocycles. The largest absolute Gasteiger partial charge is 0.439 e. The van der Waals surface area contributed by atoms with Gasteiger partial charge < -0.3 is 14.6 Å². The van der Waals surface area contributed by atoms with Crippen LogP contribution in [0.4, 0.5) is 10.6 Å². The van der Waals surface area contributed by atoms with Gasteiger partial charge in [0.25, 0.3) is 0 Å². The van der Waals surface area contributed by atoms with Crippen molar-refractivity contribution in [2.75, 3.05) is 5.32 Å². The normalized spacial score (nSPS) is 13.4. The van der Waals surface area contributed by atoms with E-state index in [4.69, 9.17) is 9.26 Å². The van der Waals surface area contributed by atoms with Gasteiger partial charge in [0.1, 0.15) is 17.3 Å². The minimum absolute atomic E-state index is 0.190. The number of hydrogen-bond donors (Lipinski definition) is 2. The van der Waals surface area contributed by atoms with E-state index in [1.54, 1.807) is 12.3 Å². The van der Waals surface area contributed by atoms with Crippen molar-refractivity contribution >= 4 is 22.8 Å². The minimum atomic E-state index is -0.322. The van der Waals surface area contributed by atoms with Crippen LogP contribution in [-0.2, 0) is 18.5 Å². The molecule has 4 aromatic rings. The molecule has 5 rings (SSSR count). The molecule has 2 N–H and O–H groups in total. The van der Waals surface area contributed by atoms with Crippen LogP contribution in [0, 0.1) is 6.92 Å². The van der Waals surface area contributed by atoms with Crippen molar-refractivity contribution in [1.82, 2.24) is 25.0 Å². The van der Waals surface area contributed by atoms with Gasteiger partial charge in [-0.1, -0.05) is 25.9 Å². The molecule has 164 valence electrons. The summed E-state index contributed by atoms with van der Waals surface area (Å²) in [7, 11) is 0. The molecule has 0 radical (unpaired) electrons.